The molecule has 140 valence electrons. The van der Waals surface area contributed by atoms with Crippen LogP contribution in [0, 0.1) is 0 Å². The van der Waals surface area contributed by atoms with Crippen molar-refractivity contribution in [2.24, 2.45) is 7.05 Å². The van der Waals surface area contributed by atoms with Crippen molar-refractivity contribution in [1.29, 1.82) is 0 Å². The quantitative estimate of drug-likeness (QED) is 0.700. The predicted octanol–water partition coefficient (Wildman–Crippen LogP) is 3.00. The van der Waals surface area contributed by atoms with Gasteiger partial charge in [0, 0.05) is 51.3 Å². The van der Waals surface area contributed by atoms with Gasteiger partial charge >= 0.3 is 0 Å². The molecule has 0 spiro atoms. The molecule has 6 nitrogen and oxygen atoms in total. The summed E-state index contributed by atoms with van der Waals surface area (Å²) in [6.45, 7) is 0.870. The first kappa shape index (κ1) is 18.5. The van der Waals surface area contributed by atoms with E-state index in [2.05, 4.69) is 16.4 Å². The van der Waals surface area contributed by atoms with Crippen LogP contribution >= 0.6 is 0 Å². The molecule has 1 aromatic heterocycles. The van der Waals surface area contributed by atoms with Crippen molar-refractivity contribution in [3.8, 4) is 5.75 Å². The lowest BCUT2D eigenvalue weighted by Crippen LogP contribution is -2.22. The number of carbonyl (C=O) groups is 1. The molecule has 3 aromatic rings. The standard InChI is InChI=1S/C21H24N4O2/c1-24(2)18-6-4-5-16(13-18)14-23-21(26)17-7-9-19(10-8-17)27-15-20-22-11-12-25(20)3/h4-13H,14-15H2,1-3H3,(H,23,26). The number of nitrogens with one attached hydrogen (secondary N) is 1. The smallest absolute Gasteiger partial charge is 0.251 e. The first-order chi connectivity index (χ1) is 13.0. The van der Waals surface area contributed by atoms with E-state index in [1.54, 1.807) is 30.5 Å². The largest absolute Gasteiger partial charge is 0.486 e. The number of rotatable bonds is 7. The van der Waals surface area contributed by atoms with Gasteiger partial charge in [-0.3, -0.25) is 4.79 Å². The van der Waals surface area contributed by atoms with Gasteiger partial charge in [-0.1, -0.05) is 12.1 Å². The van der Waals surface area contributed by atoms with Crippen LogP contribution in [0.25, 0.3) is 0 Å². The van der Waals surface area contributed by atoms with Gasteiger partial charge in [0.1, 0.15) is 18.2 Å². The minimum atomic E-state index is -0.110. The van der Waals surface area contributed by atoms with Crippen molar-refractivity contribution in [2.45, 2.75) is 13.2 Å². The van der Waals surface area contributed by atoms with E-state index in [4.69, 9.17) is 4.74 Å². The third-order valence-electron chi connectivity index (χ3n) is 4.29. The van der Waals surface area contributed by atoms with Crippen LogP contribution in [-0.2, 0) is 20.2 Å². The van der Waals surface area contributed by atoms with E-state index < -0.39 is 0 Å². The normalized spacial score (nSPS) is 10.5. The van der Waals surface area contributed by atoms with E-state index in [0.717, 1.165) is 17.1 Å². The Morgan fingerprint density at radius 1 is 1.19 bits per heavy atom. The second-order valence-electron chi connectivity index (χ2n) is 6.51. The number of amides is 1. The topological polar surface area (TPSA) is 59.4 Å². The zero-order valence-corrected chi connectivity index (χ0v) is 15.8. The molecule has 1 N–H and O–H groups in total. The summed E-state index contributed by atoms with van der Waals surface area (Å²) in [5.74, 6) is 1.44. The highest BCUT2D eigenvalue weighted by Crippen LogP contribution is 2.15. The van der Waals surface area contributed by atoms with Gasteiger partial charge in [-0.15, -0.1) is 0 Å². The average Bonchev–Trinajstić information content (AvgIpc) is 3.10. The third-order valence-corrected chi connectivity index (χ3v) is 4.29. The van der Waals surface area contributed by atoms with Gasteiger partial charge < -0.3 is 19.5 Å². The molecule has 6 heteroatoms. The molecule has 0 atom stereocenters. The molecule has 1 amide bonds. The molecule has 0 fully saturated rings. The Kier molecular flexibility index (Phi) is 5.76. The number of aryl methyl sites for hydroxylation is 1. The Balaban J connectivity index is 1.54. The molecule has 0 radical (unpaired) electrons. The molecule has 1 heterocycles. The van der Waals surface area contributed by atoms with Crippen molar-refractivity contribution in [2.75, 3.05) is 19.0 Å². The van der Waals surface area contributed by atoms with Crippen molar-refractivity contribution < 1.29 is 9.53 Å². The average molecular weight is 364 g/mol. The minimum Gasteiger partial charge on any atom is -0.486 e. The molecular formula is C21H24N4O2. The van der Waals surface area contributed by atoms with Crippen LogP contribution in [-0.4, -0.2) is 29.6 Å². The number of nitrogens with zero attached hydrogens (tertiary/aromatic N) is 3. The highest BCUT2D eigenvalue weighted by molar-refractivity contribution is 5.94. The van der Waals surface area contributed by atoms with Crippen molar-refractivity contribution in [3.05, 3.63) is 77.9 Å². The Hall–Kier alpha value is -3.28. The molecular weight excluding hydrogens is 340 g/mol. The van der Waals surface area contributed by atoms with Gasteiger partial charge in [0.25, 0.3) is 5.91 Å². The Morgan fingerprint density at radius 2 is 1.96 bits per heavy atom. The lowest BCUT2D eigenvalue weighted by molar-refractivity contribution is 0.0951. The van der Waals surface area contributed by atoms with Gasteiger partial charge in [-0.05, 0) is 42.0 Å². The summed E-state index contributed by atoms with van der Waals surface area (Å²) in [5.41, 5.74) is 2.77. The summed E-state index contributed by atoms with van der Waals surface area (Å²) >= 11 is 0. The number of imidazole rings is 1. The molecule has 0 saturated carbocycles. The van der Waals surface area contributed by atoms with E-state index in [9.17, 15) is 4.79 Å². The molecule has 2 aromatic carbocycles. The van der Waals surface area contributed by atoms with Gasteiger partial charge in [-0.25, -0.2) is 4.98 Å². The highest BCUT2D eigenvalue weighted by Gasteiger charge is 2.07. The first-order valence-corrected chi connectivity index (χ1v) is 8.76. The fourth-order valence-electron chi connectivity index (χ4n) is 2.61. The number of benzene rings is 2. The number of anilines is 1. The van der Waals surface area contributed by atoms with E-state index in [0.29, 0.717) is 24.5 Å². The summed E-state index contributed by atoms with van der Waals surface area (Å²) in [4.78, 5) is 18.6. The highest BCUT2D eigenvalue weighted by atomic mass is 16.5. The molecule has 0 bridgehead atoms. The van der Waals surface area contributed by atoms with E-state index in [1.807, 2.05) is 55.0 Å². The van der Waals surface area contributed by atoms with Crippen LogP contribution in [0.4, 0.5) is 5.69 Å². The monoisotopic (exact) mass is 364 g/mol. The van der Waals surface area contributed by atoms with Crippen LogP contribution < -0.4 is 15.0 Å². The maximum Gasteiger partial charge on any atom is 0.251 e. The second kappa shape index (κ2) is 8.40. The summed E-state index contributed by atoms with van der Waals surface area (Å²) in [7, 11) is 5.91. The fourth-order valence-corrected chi connectivity index (χ4v) is 2.61. The molecule has 0 unspecified atom stereocenters. The molecule has 0 aliphatic heterocycles. The predicted molar refractivity (Wildman–Crippen MR) is 106 cm³/mol. The van der Waals surface area contributed by atoms with Gasteiger partial charge in [0.05, 0.1) is 0 Å². The van der Waals surface area contributed by atoms with Gasteiger partial charge in [0.15, 0.2) is 0 Å². The van der Waals surface area contributed by atoms with E-state index in [-0.39, 0.29) is 5.91 Å². The number of carbonyl (C=O) groups excluding carboxylic acids is 1. The maximum absolute atomic E-state index is 12.4. The molecule has 3 rings (SSSR count). The summed E-state index contributed by atoms with van der Waals surface area (Å²) in [6, 6.07) is 15.2. The van der Waals surface area contributed by atoms with Crippen molar-refractivity contribution in [1.82, 2.24) is 14.9 Å². The molecule has 0 saturated heterocycles. The molecule has 0 aliphatic carbocycles. The lowest BCUT2D eigenvalue weighted by Gasteiger charge is -2.14. The van der Waals surface area contributed by atoms with Crippen LogP contribution in [0.3, 0.4) is 0 Å². The SMILES string of the molecule is CN(C)c1cccc(CNC(=O)c2ccc(OCc3nccn3C)cc2)c1. The lowest BCUT2D eigenvalue weighted by atomic mass is 10.1. The second-order valence-corrected chi connectivity index (χ2v) is 6.51. The van der Waals surface area contributed by atoms with Crippen LogP contribution in [0.15, 0.2) is 60.9 Å². The summed E-state index contributed by atoms with van der Waals surface area (Å²) in [5, 5.41) is 2.95. The molecule has 0 aliphatic rings. The first-order valence-electron chi connectivity index (χ1n) is 8.76. The van der Waals surface area contributed by atoms with Crippen molar-refractivity contribution in [3.63, 3.8) is 0 Å². The number of ether oxygens (including phenoxy) is 1. The summed E-state index contributed by atoms with van der Waals surface area (Å²) < 4.78 is 7.62. The summed E-state index contributed by atoms with van der Waals surface area (Å²) in [6.07, 6.45) is 3.61. The van der Waals surface area contributed by atoms with E-state index in [1.165, 1.54) is 0 Å². The third kappa shape index (κ3) is 4.88. The Morgan fingerprint density at radius 3 is 2.63 bits per heavy atom. The van der Waals surface area contributed by atoms with Crippen LogP contribution in [0.1, 0.15) is 21.7 Å². The Labute approximate surface area is 159 Å². The van der Waals surface area contributed by atoms with E-state index >= 15 is 0 Å². The van der Waals surface area contributed by atoms with Crippen LogP contribution in [0.2, 0.25) is 0 Å². The molecule has 27 heavy (non-hydrogen) atoms. The zero-order valence-electron chi connectivity index (χ0n) is 15.8. The number of hydrogen-bond donors (Lipinski definition) is 1. The van der Waals surface area contributed by atoms with Crippen molar-refractivity contribution >= 4 is 11.6 Å². The van der Waals surface area contributed by atoms with Crippen LogP contribution in [0.5, 0.6) is 5.75 Å². The number of hydrogen-bond acceptors (Lipinski definition) is 4. The fraction of sp³-hybridized carbons (Fsp3) is 0.238. The van der Waals surface area contributed by atoms with Gasteiger partial charge in [-0.2, -0.15) is 0 Å². The zero-order chi connectivity index (χ0) is 19.2. The maximum atomic E-state index is 12.4. The number of aromatic nitrogens is 2. The Bertz CT molecular complexity index is 901. The van der Waals surface area contributed by atoms with Gasteiger partial charge in [0.2, 0.25) is 0 Å². The minimum absolute atomic E-state index is 0.110.